The fourth-order valence-corrected chi connectivity index (χ4v) is 3.06. The van der Waals surface area contributed by atoms with Gasteiger partial charge in [0.25, 0.3) is 0 Å². The highest BCUT2D eigenvalue weighted by Crippen LogP contribution is 2.42. The maximum Gasteiger partial charge on any atom is 0.416 e. The lowest BCUT2D eigenvalue weighted by atomic mass is 9.73. The summed E-state index contributed by atoms with van der Waals surface area (Å²) in [5.41, 5.74) is -1.20. The van der Waals surface area contributed by atoms with Crippen LogP contribution >= 0.6 is 0 Å². The van der Waals surface area contributed by atoms with Crippen LogP contribution in [0.1, 0.15) is 56.5 Å². The van der Waals surface area contributed by atoms with Gasteiger partial charge >= 0.3 is 6.18 Å². The minimum Gasteiger partial charge on any atom is -0.381 e. The number of rotatable bonds is 2. The van der Waals surface area contributed by atoms with Crippen molar-refractivity contribution < 1.29 is 22.4 Å². The predicted octanol–water partition coefficient (Wildman–Crippen LogP) is 4.48. The van der Waals surface area contributed by atoms with E-state index in [1.165, 1.54) is 12.1 Å². The second kappa shape index (κ2) is 6.12. The molecule has 2 aromatic rings. The van der Waals surface area contributed by atoms with Gasteiger partial charge in [-0.1, -0.05) is 44.1 Å². The lowest BCUT2D eigenvalue weighted by Crippen LogP contribution is -2.35. The third-order valence-corrected chi connectivity index (χ3v) is 4.60. The molecule has 1 aliphatic heterocycles. The van der Waals surface area contributed by atoms with Crippen LogP contribution in [0.5, 0.6) is 0 Å². The zero-order valence-corrected chi connectivity index (χ0v) is 14.5. The van der Waals surface area contributed by atoms with Gasteiger partial charge in [0.05, 0.1) is 11.0 Å². The summed E-state index contributed by atoms with van der Waals surface area (Å²) >= 11 is 0. The molecular formula is C18H21F3N2O2. The first-order valence-electron chi connectivity index (χ1n) is 8.23. The van der Waals surface area contributed by atoms with Crippen molar-refractivity contribution in [3.63, 3.8) is 0 Å². The maximum absolute atomic E-state index is 13.1. The Labute approximate surface area is 144 Å². The molecule has 1 fully saturated rings. The number of halogens is 3. The molecular weight excluding hydrogens is 333 g/mol. The first-order valence-corrected chi connectivity index (χ1v) is 8.23. The molecule has 0 spiro atoms. The van der Waals surface area contributed by atoms with E-state index in [0.29, 0.717) is 43.3 Å². The molecule has 0 unspecified atom stereocenters. The molecule has 1 aromatic heterocycles. The van der Waals surface area contributed by atoms with Crippen molar-refractivity contribution in [2.75, 3.05) is 13.2 Å². The fraction of sp³-hybridized carbons (Fsp3) is 0.556. The van der Waals surface area contributed by atoms with Gasteiger partial charge in [-0.05, 0) is 24.5 Å². The standard InChI is InChI=1S/C18H21F3N2O2/c1-16(2,3)14-22-15(25-23-14)17(7-9-24-10-8-17)12-5-4-6-13(11-12)18(19,20)21/h4-6,11H,7-10H2,1-3H3. The topological polar surface area (TPSA) is 48.2 Å². The largest absolute Gasteiger partial charge is 0.416 e. The molecule has 1 saturated heterocycles. The Balaban J connectivity index is 2.10. The van der Waals surface area contributed by atoms with Crippen LogP contribution in [0.15, 0.2) is 28.8 Å². The monoisotopic (exact) mass is 354 g/mol. The van der Waals surface area contributed by atoms with Gasteiger partial charge in [-0.2, -0.15) is 18.2 Å². The summed E-state index contributed by atoms with van der Waals surface area (Å²) in [5.74, 6) is 0.903. The Morgan fingerprint density at radius 1 is 1.08 bits per heavy atom. The molecule has 3 rings (SSSR count). The molecule has 0 radical (unpaired) electrons. The van der Waals surface area contributed by atoms with E-state index < -0.39 is 17.2 Å². The number of ether oxygens (including phenoxy) is 1. The second-order valence-corrected chi connectivity index (χ2v) is 7.45. The van der Waals surface area contributed by atoms with Gasteiger partial charge in [0, 0.05) is 18.6 Å². The number of benzene rings is 1. The van der Waals surface area contributed by atoms with Crippen LogP contribution in [0.2, 0.25) is 0 Å². The Kier molecular flexibility index (Phi) is 4.39. The van der Waals surface area contributed by atoms with Gasteiger partial charge in [0.1, 0.15) is 0 Å². The van der Waals surface area contributed by atoms with Crippen LogP contribution in [0.4, 0.5) is 13.2 Å². The molecule has 0 N–H and O–H groups in total. The molecule has 0 aliphatic carbocycles. The van der Waals surface area contributed by atoms with Crippen molar-refractivity contribution in [3.05, 3.63) is 47.1 Å². The number of hydrogen-bond acceptors (Lipinski definition) is 4. The van der Waals surface area contributed by atoms with Crippen LogP contribution in [0, 0.1) is 0 Å². The van der Waals surface area contributed by atoms with Gasteiger partial charge in [0.2, 0.25) is 5.89 Å². The summed E-state index contributed by atoms with van der Waals surface area (Å²) in [6.45, 7) is 6.75. The van der Waals surface area contributed by atoms with E-state index in [2.05, 4.69) is 10.1 Å². The Morgan fingerprint density at radius 3 is 2.32 bits per heavy atom. The number of aromatic nitrogens is 2. The van der Waals surface area contributed by atoms with Gasteiger partial charge < -0.3 is 9.26 Å². The smallest absolute Gasteiger partial charge is 0.381 e. The number of nitrogens with zero attached hydrogens (tertiary/aromatic N) is 2. The number of hydrogen-bond donors (Lipinski definition) is 0. The highest BCUT2D eigenvalue weighted by molar-refractivity contribution is 5.37. The van der Waals surface area contributed by atoms with E-state index in [0.717, 1.165) is 6.07 Å². The average Bonchev–Trinajstić information content (AvgIpc) is 3.06. The maximum atomic E-state index is 13.1. The Morgan fingerprint density at radius 2 is 1.76 bits per heavy atom. The van der Waals surface area contributed by atoms with Gasteiger partial charge in [-0.15, -0.1) is 0 Å². The molecule has 2 heterocycles. The summed E-state index contributed by atoms with van der Waals surface area (Å²) in [4.78, 5) is 4.53. The zero-order valence-electron chi connectivity index (χ0n) is 14.5. The van der Waals surface area contributed by atoms with Crippen LogP contribution in [0.25, 0.3) is 0 Å². The van der Waals surface area contributed by atoms with Crippen molar-refractivity contribution in [3.8, 4) is 0 Å². The molecule has 0 saturated carbocycles. The first kappa shape index (κ1) is 17.9. The molecule has 4 nitrogen and oxygen atoms in total. The summed E-state index contributed by atoms with van der Waals surface area (Å²) in [6, 6.07) is 5.38. The van der Waals surface area contributed by atoms with E-state index in [4.69, 9.17) is 9.26 Å². The highest BCUT2D eigenvalue weighted by Gasteiger charge is 2.43. The molecule has 25 heavy (non-hydrogen) atoms. The zero-order chi connectivity index (χ0) is 18.3. The molecule has 0 bridgehead atoms. The highest BCUT2D eigenvalue weighted by atomic mass is 19.4. The average molecular weight is 354 g/mol. The molecule has 1 aromatic carbocycles. The van der Waals surface area contributed by atoms with E-state index in [9.17, 15) is 13.2 Å². The third kappa shape index (κ3) is 3.42. The summed E-state index contributed by atoms with van der Waals surface area (Å²) in [7, 11) is 0. The Hall–Kier alpha value is -1.89. The van der Waals surface area contributed by atoms with Crippen molar-refractivity contribution in [1.29, 1.82) is 0 Å². The molecule has 0 atom stereocenters. The van der Waals surface area contributed by atoms with Crippen LogP contribution < -0.4 is 0 Å². The van der Waals surface area contributed by atoms with E-state index >= 15 is 0 Å². The second-order valence-electron chi connectivity index (χ2n) is 7.45. The lowest BCUT2D eigenvalue weighted by molar-refractivity contribution is -0.137. The van der Waals surface area contributed by atoms with E-state index in [1.807, 2.05) is 20.8 Å². The van der Waals surface area contributed by atoms with Crippen molar-refractivity contribution >= 4 is 0 Å². The predicted molar refractivity (Wildman–Crippen MR) is 85.3 cm³/mol. The van der Waals surface area contributed by atoms with E-state index in [1.54, 1.807) is 6.07 Å². The van der Waals surface area contributed by atoms with Crippen molar-refractivity contribution in [2.45, 2.75) is 50.6 Å². The molecule has 136 valence electrons. The Bertz CT molecular complexity index is 741. The van der Waals surface area contributed by atoms with Gasteiger partial charge in [0.15, 0.2) is 5.82 Å². The van der Waals surface area contributed by atoms with Gasteiger partial charge in [-0.25, -0.2) is 0 Å². The molecule has 7 heteroatoms. The first-order chi connectivity index (χ1) is 11.6. The SMILES string of the molecule is CC(C)(C)c1noc(C2(c3cccc(C(F)(F)F)c3)CCOCC2)n1. The van der Waals surface area contributed by atoms with Crippen molar-refractivity contribution in [1.82, 2.24) is 10.1 Å². The van der Waals surface area contributed by atoms with Gasteiger partial charge in [-0.3, -0.25) is 0 Å². The lowest BCUT2D eigenvalue weighted by Gasteiger charge is -2.34. The van der Waals surface area contributed by atoms with E-state index in [-0.39, 0.29) is 5.41 Å². The summed E-state index contributed by atoms with van der Waals surface area (Å²) in [5, 5.41) is 4.06. The summed E-state index contributed by atoms with van der Waals surface area (Å²) in [6.07, 6.45) is -3.39. The quantitative estimate of drug-likeness (QED) is 0.798. The third-order valence-electron chi connectivity index (χ3n) is 4.60. The van der Waals surface area contributed by atoms with Crippen LogP contribution in [-0.2, 0) is 21.7 Å². The van der Waals surface area contributed by atoms with Crippen molar-refractivity contribution in [2.24, 2.45) is 0 Å². The molecule has 0 amide bonds. The minimum atomic E-state index is -4.40. The van der Waals surface area contributed by atoms with Crippen LogP contribution in [0.3, 0.4) is 0 Å². The fourth-order valence-electron chi connectivity index (χ4n) is 3.06. The molecule has 1 aliphatic rings. The normalized spacial score (nSPS) is 18.3. The summed E-state index contributed by atoms with van der Waals surface area (Å²) < 4.78 is 50.4. The van der Waals surface area contributed by atoms with Crippen LogP contribution in [-0.4, -0.2) is 23.4 Å². The minimum absolute atomic E-state index is 0.304. The number of alkyl halides is 3.